The Balaban J connectivity index is 1.79. The minimum absolute atomic E-state index is 0.106. The average Bonchev–Trinajstić information content (AvgIpc) is 3.28. The van der Waals surface area contributed by atoms with E-state index in [9.17, 15) is 19.1 Å². The van der Waals surface area contributed by atoms with Crippen molar-refractivity contribution in [1.82, 2.24) is 0 Å². The Morgan fingerprint density at radius 3 is 2.53 bits per heavy atom. The molecular formula is C26H18Cl2FNO4. The summed E-state index contributed by atoms with van der Waals surface area (Å²) < 4.78 is 20.4. The first-order valence-corrected chi connectivity index (χ1v) is 10.9. The fourth-order valence-electron chi connectivity index (χ4n) is 3.94. The van der Waals surface area contributed by atoms with Gasteiger partial charge in [-0.3, -0.25) is 9.79 Å². The molecule has 0 saturated heterocycles. The van der Waals surface area contributed by atoms with E-state index in [1.807, 2.05) is 0 Å². The monoisotopic (exact) mass is 497 g/mol. The molecule has 1 N–H and O–H groups in total. The molecule has 5 nitrogen and oxygen atoms in total. The molecule has 1 aliphatic heterocycles. The van der Waals surface area contributed by atoms with E-state index in [4.69, 9.17) is 27.9 Å². The van der Waals surface area contributed by atoms with Crippen molar-refractivity contribution in [2.24, 2.45) is 4.99 Å². The molecule has 1 atom stereocenters. The zero-order valence-electron chi connectivity index (χ0n) is 17.9. The summed E-state index contributed by atoms with van der Waals surface area (Å²) >= 11 is 12.3. The Bertz CT molecular complexity index is 1350. The number of hydrogen-bond acceptors (Lipinski definition) is 4. The van der Waals surface area contributed by atoms with Crippen LogP contribution in [0.15, 0.2) is 71.7 Å². The first-order valence-electron chi connectivity index (χ1n) is 10.2. The topological polar surface area (TPSA) is 76.0 Å². The number of ketones is 1. The molecule has 0 spiro atoms. The van der Waals surface area contributed by atoms with Crippen LogP contribution >= 0.6 is 23.2 Å². The number of carbonyl (C=O) groups excluding carboxylic acids is 1. The second-order valence-corrected chi connectivity index (χ2v) is 8.53. The fraction of sp³-hybridized carbons (Fsp3) is 0.115. The Morgan fingerprint density at radius 1 is 1.09 bits per heavy atom. The zero-order valence-corrected chi connectivity index (χ0v) is 19.4. The smallest absolute Gasteiger partial charge is 0.338 e. The number of carbonyl (C=O) groups is 2. The van der Waals surface area contributed by atoms with Crippen molar-refractivity contribution in [3.63, 3.8) is 0 Å². The predicted molar refractivity (Wildman–Crippen MR) is 130 cm³/mol. The molecule has 0 aromatic heterocycles. The van der Waals surface area contributed by atoms with E-state index >= 15 is 0 Å². The van der Waals surface area contributed by atoms with E-state index in [0.717, 1.165) is 0 Å². The standard InChI is InChI=1S/C26H18Cl2FNO4/c1-34-22-9-6-15(18-4-2-5-20(23(18)29)25(32)33)12-16(22)14-26(10-3-11-30-26)24(31)19-8-7-17(27)13-21(19)28/h2-13H,14H2,1H3,(H,32,33). The van der Waals surface area contributed by atoms with Crippen LogP contribution in [0.3, 0.4) is 0 Å². The maximum atomic E-state index is 14.9. The number of Topliss-reactive ketones (excluding diaryl/α,β-unsaturated/α-hetero) is 1. The van der Waals surface area contributed by atoms with Gasteiger partial charge in [0.2, 0.25) is 0 Å². The number of carboxylic acid groups (broad SMARTS) is 1. The van der Waals surface area contributed by atoms with E-state index in [1.165, 1.54) is 37.6 Å². The summed E-state index contributed by atoms with van der Waals surface area (Å²) in [5.41, 5.74) is -0.301. The Hall–Kier alpha value is -3.48. The molecule has 0 aliphatic carbocycles. The normalized spacial score (nSPS) is 16.6. The number of halogens is 3. The van der Waals surface area contributed by atoms with Crippen LogP contribution in [0.4, 0.5) is 4.39 Å². The fourth-order valence-corrected chi connectivity index (χ4v) is 4.44. The van der Waals surface area contributed by atoms with E-state index in [2.05, 4.69) is 4.99 Å². The van der Waals surface area contributed by atoms with Gasteiger partial charge in [0.25, 0.3) is 0 Å². The zero-order chi connectivity index (χ0) is 24.5. The number of allylic oxidation sites excluding steroid dienone is 1. The molecule has 0 amide bonds. The van der Waals surface area contributed by atoms with Crippen LogP contribution < -0.4 is 4.74 Å². The lowest BCUT2D eigenvalue weighted by molar-refractivity contribution is 0.0691. The Morgan fingerprint density at radius 2 is 1.88 bits per heavy atom. The highest BCUT2D eigenvalue weighted by Gasteiger charge is 2.39. The molecule has 0 radical (unpaired) electrons. The van der Waals surface area contributed by atoms with Gasteiger partial charge < -0.3 is 9.84 Å². The van der Waals surface area contributed by atoms with Crippen molar-refractivity contribution in [2.75, 3.05) is 7.11 Å². The number of hydrogen-bond donors (Lipinski definition) is 1. The van der Waals surface area contributed by atoms with Gasteiger partial charge in [-0.15, -0.1) is 0 Å². The minimum Gasteiger partial charge on any atom is -0.496 e. The molecule has 4 rings (SSSR count). The summed E-state index contributed by atoms with van der Waals surface area (Å²) in [4.78, 5) is 29.4. The molecule has 34 heavy (non-hydrogen) atoms. The van der Waals surface area contributed by atoms with Crippen molar-refractivity contribution >= 4 is 41.2 Å². The second kappa shape index (κ2) is 9.41. The number of benzene rings is 3. The van der Waals surface area contributed by atoms with Crippen molar-refractivity contribution in [2.45, 2.75) is 12.0 Å². The molecule has 0 saturated carbocycles. The number of aromatic carboxylic acids is 1. The van der Waals surface area contributed by atoms with Crippen LogP contribution in [0.1, 0.15) is 26.3 Å². The largest absolute Gasteiger partial charge is 0.496 e. The summed E-state index contributed by atoms with van der Waals surface area (Å²) in [7, 11) is 1.49. The maximum absolute atomic E-state index is 14.9. The number of ether oxygens (including phenoxy) is 1. The van der Waals surface area contributed by atoms with Gasteiger partial charge in [0.15, 0.2) is 5.78 Å². The van der Waals surface area contributed by atoms with Crippen LogP contribution in [0.25, 0.3) is 11.1 Å². The van der Waals surface area contributed by atoms with Gasteiger partial charge in [-0.1, -0.05) is 41.4 Å². The summed E-state index contributed by atoms with van der Waals surface area (Å²) in [6, 6.07) is 13.7. The summed E-state index contributed by atoms with van der Waals surface area (Å²) in [5, 5.41) is 9.88. The van der Waals surface area contributed by atoms with Gasteiger partial charge in [-0.2, -0.15) is 0 Å². The third-order valence-corrected chi connectivity index (χ3v) is 6.16. The van der Waals surface area contributed by atoms with Crippen molar-refractivity contribution in [1.29, 1.82) is 0 Å². The number of rotatable bonds is 7. The van der Waals surface area contributed by atoms with Crippen LogP contribution in [0.2, 0.25) is 10.0 Å². The van der Waals surface area contributed by atoms with Gasteiger partial charge >= 0.3 is 5.97 Å². The van der Waals surface area contributed by atoms with E-state index < -0.39 is 22.9 Å². The van der Waals surface area contributed by atoms with Crippen molar-refractivity contribution in [3.8, 4) is 16.9 Å². The van der Waals surface area contributed by atoms with Gasteiger partial charge in [-0.25, -0.2) is 9.18 Å². The Kier molecular flexibility index (Phi) is 6.55. The molecule has 8 heteroatoms. The summed E-state index contributed by atoms with van der Waals surface area (Å²) in [5.74, 6) is -2.05. The lowest BCUT2D eigenvalue weighted by atomic mass is 9.83. The highest BCUT2D eigenvalue weighted by atomic mass is 35.5. The van der Waals surface area contributed by atoms with E-state index in [-0.39, 0.29) is 28.4 Å². The molecule has 0 fully saturated rings. The number of carboxylic acids is 1. The second-order valence-electron chi connectivity index (χ2n) is 7.69. The van der Waals surface area contributed by atoms with Crippen LogP contribution in [-0.4, -0.2) is 35.7 Å². The van der Waals surface area contributed by atoms with Gasteiger partial charge in [-0.05, 0) is 59.7 Å². The maximum Gasteiger partial charge on any atom is 0.338 e. The van der Waals surface area contributed by atoms with Crippen LogP contribution in [-0.2, 0) is 6.42 Å². The molecule has 1 heterocycles. The molecule has 3 aromatic carbocycles. The number of aliphatic imine (C=N–C) groups is 1. The van der Waals surface area contributed by atoms with Crippen molar-refractivity contribution < 1.29 is 23.8 Å². The van der Waals surface area contributed by atoms with Gasteiger partial charge in [0, 0.05) is 28.8 Å². The lowest BCUT2D eigenvalue weighted by Gasteiger charge is -2.25. The van der Waals surface area contributed by atoms with Crippen LogP contribution in [0.5, 0.6) is 5.75 Å². The quantitative estimate of drug-likeness (QED) is 0.388. The molecular weight excluding hydrogens is 480 g/mol. The molecule has 172 valence electrons. The SMILES string of the molecule is COc1ccc(-c2cccc(C(=O)O)c2F)cc1CC1(C(=O)c2ccc(Cl)cc2Cl)C=CC=N1. The number of nitrogens with zero attached hydrogens (tertiary/aromatic N) is 1. The average molecular weight is 498 g/mol. The predicted octanol–water partition coefficient (Wildman–Crippen LogP) is 6.31. The highest BCUT2D eigenvalue weighted by molar-refractivity contribution is 6.37. The molecule has 0 bridgehead atoms. The first-order chi connectivity index (χ1) is 16.3. The molecule has 3 aromatic rings. The van der Waals surface area contributed by atoms with E-state index in [0.29, 0.717) is 21.9 Å². The highest BCUT2D eigenvalue weighted by Crippen LogP contribution is 2.36. The lowest BCUT2D eigenvalue weighted by Crippen LogP contribution is -2.36. The summed E-state index contributed by atoms with van der Waals surface area (Å²) in [6.45, 7) is 0. The number of methoxy groups -OCH3 is 1. The Labute approximate surface area is 205 Å². The minimum atomic E-state index is -1.36. The molecule has 1 unspecified atom stereocenters. The molecule has 1 aliphatic rings. The third-order valence-electron chi connectivity index (χ3n) is 5.61. The third kappa shape index (κ3) is 4.34. The van der Waals surface area contributed by atoms with Crippen molar-refractivity contribution in [3.05, 3.63) is 99.3 Å². The van der Waals surface area contributed by atoms with Crippen LogP contribution in [0, 0.1) is 5.82 Å². The van der Waals surface area contributed by atoms with E-state index in [1.54, 1.807) is 42.5 Å². The first kappa shape index (κ1) is 23.7. The van der Waals surface area contributed by atoms with Gasteiger partial charge in [0.05, 0.1) is 17.7 Å². The summed E-state index contributed by atoms with van der Waals surface area (Å²) in [6.07, 6.45) is 5.00. The van der Waals surface area contributed by atoms with Gasteiger partial charge in [0.1, 0.15) is 17.1 Å².